The molecule has 0 aliphatic carbocycles. The van der Waals surface area contributed by atoms with Gasteiger partial charge in [-0.15, -0.1) is 0 Å². The van der Waals surface area contributed by atoms with Crippen molar-refractivity contribution in [3.8, 4) is 17.0 Å². The van der Waals surface area contributed by atoms with Crippen molar-refractivity contribution < 1.29 is 14.6 Å². The van der Waals surface area contributed by atoms with E-state index in [1.807, 2.05) is 26.0 Å². The molecule has 0 bridgehead atoms. The van der Waals surface area contributed by atoms with Crippen molar-refractivity contribution in [2.24, 2.45) is 0 Å². The number of aromatic nitrogens is 2. The molecule has 0 aliphatic rings. The molecule has 6 heteroatoms. The molecule has 106 valence electrons. The fourth-order valence-electron chi connectivity index (χ4n) is 2.28. The molecule has 1 aromatic carbocycles. The first-order chi connectivity index (χ1) is 9.42. The van der Waals surface area contributed by atoms with Crippen molar-refractivity contribution in [1.82, 2.24) is 9.97 Å². The first-order valence-corrected chi connectivity index (χ1v) is 6.83. The van der Waals surface area contributed by atoms with E-state index in [0.29, 0.717) is 21.9 Å². The van der Waals surface area contributed by atoms with Crippen LogP contribution in [0.5, 0.6) is 5.75 Å². The maximum absolute atomic E-state index is 11.0. The van der Waals surface area contributed by atoms with E-state index in [1.165, 1.54) is 0 Å². The number of benzene rings is 1. The van der Waals surface area contributed by atoms with Gasteiger partial charge < -0.3 is 14.8 Å². The van der Waals surface area contributed by atoms with Crippen molar-refractivity contribution in [2.75, 3.05) is 7.11 Å². The number of aliphatic carboxylic acids is 1. The number of halogens is 1. The van der Waals surface area contributed by atoms with Crippen molar-refractivity contribution in [3.63, 3.8) is 0 Å². The Morgan fingerprint density at radius 3 is 2.75 bits per heavy atom. The van der Waals surface area contributed by atoms with Gasteiger partial charge in [0.25, 0.3) is 0 Å². The van der Waals surface area contributed by atoms with Crippen molar-refractivity contribution >= 4 is 21.9 Å². The molecule has 0 saturated heterocycles. The number of hydrogen-bond acceptors (Lipinski definition) is 3. The number of imidazole rings is 1. The largest absolute Gasteiger partial charge is 0.496 e. The summed E-state index contributed by atoms with van der Waals surface area (Å²) in [4.78, 5) is 18.2. The Morgan fingerprint density at radius 1 is 1.45 bits per heavy atom. The molecule has 0 amide bonds. The number of rotatable bonds is 4. The molecule has 0 aliphatic heterocycles. The third-order valence-electron chi connectivity index (χ3n) is 2.96. The van der Waals surface area contributed by atoms with Crippen LogP contribution in [0, 0.1) is 13.8 Å². The summed E-state index contributed by atoms with van der Waals surface area (Å²) in [5, 5.41) is 8.99. The fraction of sp³-hybridized carbons (Fsp3) is 0.286. The van der Waals surface area contributed by atoms with Crippen LogP contribution in [0.3, 0.4) is 0 Å². The SMILES string of the molecule is COc1c(C)cc(C)cc1-c1nc(Br)[nH]c1CC(=O)O. The van der Waals surface area contributed by atoms with Gasteiger partial charge in [-0.25, -0.2) is 4.98 Å². The zero-order chi connectivity index (χ0) is 14.9. The Bertz CT molecular complexity index is 665. The van der Waals surface area contributed by atoms with Crippen LogP contribution in [0.15, 0.2) is 16.9 Å². The predicted molar refractivity (Wildman–Crippen MR) is 79.1 cm³/mol. The molecule has 0 saturated carbocycles. The van der Waals surface area contributed by atoms with Crippen LogP contribution in [-0.2, 0) is 11.2 Å². The minimum atomic E-state index is -0.911. The second kappa shape index (κ2) is 5.66. The summed E-state index contributed by atoms with van der Waals surface area (Å²) in [6.07, 6.45) is -0.121. The van der Waals surface area contributed by atoms with Gasteiger partial charge in [0, 0.05) is 5.56 Å². The second-order valence-corrected chi connectivity index (χ2v) is 5.34. The van der Waals surface area contributed by atoms with Gasteiger partial charge in [0.1, 0.15) is 5.75 Å². The van der Waals surface area contributed by atoms with E-state index < -0.39 is 5.97 Å². The summed E-state index contributed by atoms with van der Waals surface area (Å²) in [5.41, 5.74) is 4.00. The molecule has 0 fully saturated rings. The lowest BCUT2D eigenvalue weighted by atomic mass is 10.0. The van der Waals surface area contributed by atoms with Gasteiger partial charge in [-0.05, 0) is 47.0 Å². The zero-order valence-electron chi connectivity index (χ0n) is 11.5. The first kappa shape index (κ1) is 14.6. The number of methoxy groups -OCH3 is 1. The number of aryl methyl sites for hydroxylation is 2. The molecule has 0 radical (unpaired) electrons. The summed E-state index contributed by atoms with van der Waals surface area (Å²) in [5.74, 6) is -0.202. The van der Waals surface area contributed by atoms with Gasteiger partial charge in [-0.3, -0.25) is 4.79 Å². The molecule has 2 N–H and O–H groups in total. The number of carboxylic acid groups (broad SMARTS) is 1. The van der Waals surface area contributed by atoms with Crippen LogP contribution < -0.4 is 4.74 Å². The number of carboxylic acids is 1. The lowest BCUT2D eigenvalue weighted by molar-refractivity contribution is -0.136. The van der Waals surface area contributed by atoms with Crippen LogP contribution in [0.25, 0.3) is 11.3 Å². The fourth-order valence-corrected chi connectivity index (χ4v) is 2.70. The van der Waals surface area contributed by atoms with E-state index in [9.17, 15) is 4.79 Å². The monoisotopic (exact) mass is 338 g/mol. The molecule has 0 unspecified atom stereocenters. The summed E-state index contributed by atoms with van der Waals surface area (Å²) >= 11 is 3.25. The summed E-state index contributed by atoms with van der Waals surface area (Å²) in [6.45, 7) is 3.93. The highest BCUT2D eigenvalue weighted by atomic mass is 79.9. The second-order valence-electron chi connectivity index (χ2n) is 4.59. The summed E-state index contributed by atoms with van der Waals surface area (Å²) in [7, 11) is 1.60. The van der Waals surface area contributed by atoms with E-state index in [4.69, 9.17) is 9.84 Å². The van der Waals surface area contributed by atoms with Gasteiger partial charge in [0.2, 0.25) is 0 Å². The Labute approximate surface area is 125 Å². The quantitative estimate of drug-likeness (QED) is 0.898. The van der Waals surface area contributed by atoms with E-state index >= 15 is 0 Å². The Hall–Kier alpha value is -1.82. The summed E-state index contributed by atoms with van der Waals surface area (Å²) in [6, 6.07) is 3.96. The summed E-state index contributed by atoms with van der Waals surface area (Å²) < 4.78 is 5.94. The lowest BCUT2D eigenvalue weighted by Gasteiger charge is -2.12. The highest BCUT2D eigenvalue weighted by Gasteiger charge is 2.19. The number of ether oxygens (including phenoxy) is 1. The van der Waals surface area contributed by atoms with Crippen LogP contribution >= 0.6 is 15.9 Å². The Kier molecular flexibility index (Phi) is 4.13. The molecule has 0 atom stereocenters. The maximum Gasteiger partial charge on any atom is 0.309 e. The number of carbonyl (C=O) groups is 1. The molecule has 2 rings (SSSR count). The lowest BCUT2D eigenvalue weighted by Crippen LogP contribution is -2.03. The van der Waals surface area contributed by atoms with Crippen LogP contribution in [0.1, 0.15) is 16.8 Å². The maximum atomic E-state index is 11.0. The average molecular weight is 339 g/mol. The standard InChI is InChI=1S/C14H15BrN2O3/c1-7-4-8(2)13(20-3)9(5-7)12-10(6-11(18)19)16-14(15)17-12/h4-5H,6H2,1-3H3,(H,16,17)(H,18,19). The van der Waals surface area contributed by atoms with Crippen LogP contribution in [-0.4, -0.2) is 28.2 Å². The molecular weight excluding hydrogens is 324 g/mol. The molecule has 0 spiro atoms. The third-order valence-corrected chi connectivity index (χ3v) is 3.33. The molecule has 5 nitrogen and oxygen atoms in total. The molecular formula is C14H15BrN2O3. The number of H-pyrrole nitrogens is 1. The molecule has 20 heavy (non-hydrogen) atoms. The van der Waals surface area contributed by atoms with Crippen molar-refractivity contribution in [1.29, 1.82) is 0 Å². The van der Waals surface area contributed by atoms with Gasteiger partial charge in [0.05, 0.1) is 24.9 Å². The first-order valence-electron chi connectivity index (χ1n) is 6.04. The van der Waals surface area contributed by atoms with E-state index in [-0.39, 0.29) is 6.42 Å². The van der Waals surface area contributed by atoms with Crippen LogP contribution in [0.2, 0.25) is 0 Å². The van der Waals surface area contributed by atoms with E-state index in [0.717, 1.165) is 16.7 Å². The normalized spacial score (nSPS) is 10.6. The number of nitrogens with one attached hydrogen (secondary N) is 1. The minimum absolute atomic E-state index is 0.121. The molecule has 2 aromatic rings. The Balaban J connectivity index is 2.64. The van der Waals surface area contributed by atoms with Gasteiger partial charge in [-0.2, -0.15) is 0 Å². The van der Waals surface area contributed by atoms with Crippen molar-refractivity contribution in [3.05, 3.63) is 33.7 Å². The zero-order valence-corrected chi connectivity index (χ0v) is 13.0. The van der Waals surface area contributed by atoms with E-state index in [1.54, 1.807) is 7.11 Å². The van der Waals surface area contributed by atoms with E-state index in [2.05, 4.69) is 25.9 Å². The van der Waals surface area contributed by atoms with Crippen LogP contribution in [0.4, 0.5) is 0 Å². The molecule has 1 heterocycles. The van der Waals surface area contributed by atoms with Gasteiger partial charge in [0.15, 0.2) is 4.73 Å². The third kappa shape index (κ3) is 2.85. The molecule has 1 aromatic heterocycles. The van der Waals surface area contributed by atoms with Gasteiger partial charge in [-0.1, -0.05) is 6.07 Å². The number of nitrogens with zero attached hydrogens (tertiary/aromatic N) is 1. The predicted octanol–water partition coefficient (Wildman–Crippen LogP) is 3.09. The minimum Gasteiger partial charge on any atom is -0.496 e. The topological polar surface area (TPSA) is 75.2 Å². The van der Waals surface area contributed by atoms with Gasteiger partial charge >= 0.3 is 5.97 Å². The Morgan fingerprint density at radius 2 is 2.15 bits per heavy atom. The number of hydrogen-bond donors (Lipinski definition) is 2. The number of aromatic amines is 1. The average Bonchev–Trinajstić information content (AvgIpc) is 2.68. The van der Waals surface area contributed by atoms with Crippen molar-refractivity contribution in [2.45, 2.75) is 20.3 Å². The smallest absolute Gasteiger partial charge is 0.309 e. The highest BCUT2D eigenvalue weighted by molar-refractivity contribution is 9.10. The highest BCUT2D eigenvalue weighted by Crippen LogP contribution is 2.35.